The highest BCUT2D eigenvalue weighted by atomic mass is 35.5. The molecule has 0 aliphatic heterocycles. The Kier molecular flexibility index (Phi) is 4.41. The minimum Gasteiger partial charge on any atom is -0.366 e. The van der Waals surface area contributed by atoms with Crippen LogP contribution in [0, 0.1) is 11.3 Å². The number of pyridine rings is 1. The summed E-state index contributed by atoms with van der Waals surface area (Å²) in [6.07, 6.45) is 1.38. The first-order chi connectivity index (χ1) is 10.0. The number of carbonyl (C=O) groups excluding carboxylic acids is 1. The number of hydrogen-bond donors (Lipinski definition) is 2. The zero-order valence-corrected chi connectivity index (χ0v) is 12.1. The van der Waals surface area contributed by atoms with E-state index in [0.29, 0.717) is 16.4 Å². The third-order valence-electron chi connectivity index (χ3n) is 3.02. The van der Waals surface area contributed by atoms with Gasteiger partial charge in [0.15, 0.2) is 0 Å². The van der Waals surface area contributed by atoms with Gasteiger partial charge in [0.2, 0.25) is 5.91 Å². The number of nitrogens with two attached hydrogens (primary N) is 1. The average Bonchev–Trinajstić information content (AvgIpc) is 2.49. The summed E-state index contributed by atoms with van der Waals surface area (Å²) < 4.78 is 0. The number of amides is 1. The molecule has 0 unspecified atom stereocenters. The number of carbonyl (C=O) groups is 1. The fraction of sp³-hybridized carbons (Fsp3) is 0.133. The lowest BCUT2D eigenvalue weighted by atomic mass is 10.1. The Balaban J connectivity index is 2.17. The molecule has 0 saturated heterocycles. The molecule has 3 N–H and O–H groups in total. The minimum absolute atomic E-state index is 0.0535. The van der Waals surface area contributed by atoms with E-state index in [1.807, 2.05) is 19.1 Å². The van der Waals surface area contributed by atoms with E-state index in [2.05, 4.69) is 16.4 Å². The van der Waals surface area contributed by atoms with Gasteiger partial charge in [-0.15, -0.1) is 0 Å². The molecule has 5 nitrogen and oxygen atoms in total. The number of nitrogens with zero attached hydrogens (tertiary/aromatic N) is 2. The van der Waals surface area contributed by atoms with Crippen LogP contribution in [0.15, 0.2) is 36.5 Å². The summed E-state index contributed by atoms with van der Waals surface area (Å²) in [5.41, 5.74) is 7.02. The average molecular weight is 301 g/mol. The van der Waals surface area contributed by atoms with E-state index in [1.165, 1.54) is 12.3 Å². The first-order valence-electron chi connectivity index (χ1n) is 6.23. The maximum atomic E-state index is 11.0. The van der Waals surface area contributed by atoms with E-state index < -0.39 is 5.91 Å². The van der Waals surface area contributed by atoms with Crippen molar-refractivity contribution in [3.63, 3.8) is 0 Å². The van der Waals surface area contributed by atoms with Gasteiger partial charge in [0.25, 0.3) is 0 Å². The smallest absolute Gasteiger partial charge is 0.250 e. The van der Waals surface area contributed by atoms with Gasteiger partial charge >= 0.3 is 0 Å². The molecule has 1 aromatic carbocycles. The molecule has 2 rings (SSSR count). The van der Waals surface area contributed by atoms with Gasteiger partial charge in [-0.25, -0.2) is 4.98 Å². The zero-order chi connectivity index (χ0) is 15.4. The Morgan fingerprint density at radius 3 is 2.62 bits per heavy atom. The fourth-order valence-corrected chi connectivity index (χ4v) is 2.03. The number of nitriles is 1. The van der Waals surface area contributed by atoms with Crippen LogP contribution in [0.5, 0.6) is 0 Å². The van der Waals surface area contributed by atoms with E-state index in [0.717, 1.165) is 5.56 Å². The quantitative estimate of drug-likeness (QED) is 0.908. The van der Waals surface area contributed by atoms with Crippen molar-refractivity contribution in [2.24, 2.45) is 5.73 Å². The van der Waals surface area contributed by atoms with E-state index in [-0.39, 0.29) is 11.6 Å². The summed E-state index contributed by atoms with van der Waals surface area (Å²) in [6.45, 7) is 1.95. The van der Waals surface area contributed by atoms with Gasteiger partial charge in [0.1, 0.15) is 5.82 Å². The minimum atomic E-state index is -0.573. The fourth-order valence-electron chi connectivity index (χ4n) is 1.81. The standard InChI is InChI=1S/C15H13ClN4O/c1-9(11-4-2-10(7-17)3-5-11)20-15-13(16)6-12(8-19-15)14(18)21/h2-6,8-9H,1H3,(H2,18,21)(H,19,20)/t9-/m1/s1. The van der Waals surface area contributed by atoms with Gasteiger partial charge in [-0.1, -0.05) is 23.7 Å². The number of rotatable bonds is 4. The molecular weight excluding hydrogens is 288 g/mol. The lowest BCUT2D eigenvalue weighted by Gasteiger charge is -2.16. The Morgan fingerprint density at radius 1 is 1.43 bits per heavy atom. The van der Waals surface area contributed by atoms with Crippen LogP contribution in [0.2, 0.25) is 5.02 Å². The van der Waals surface area contributed by atoms with Crippen LogP contribution >= 0.6 is 11.6 Å². The summed E-state index contributed by atoms with van der Waals surface area (Å²) in [6, 6.07) is 10.7. The molecule has 21 heavy (non-hydrogen) atoms. The van der Waals surface area contributed by atoms with Crippen molar-refractivity contribution >= 4 is 23.3 Å². The highest BCUT2D eigenvalue weighted by Crippen LogP contribution is 2.25. The number of hydrogen-bond acceptors (Lipinski definition) is 4. The molecule has 1 heterocycles. The van der Waals surface area contributed by atoms with Crippen molar-refractivity contribution in [2.75, 3.05) is 5.32 Å². The maximum Gasteiger partial charge on any atom is 0.250 e. The third kappa shape index (κ3) is 3.50. The number of benzene rings is 1. The summed E-state index contributed by atoms with van der Waals surface area (Å²) >= 11 is 6.08. The van der Waals surface area contributed by atoms with Crippen molar-refractivity contribution in [3.8, 4) is 6.07 Å². The molecule has 0 aliphatic carbocycles. The van der Waals surface area contributed by atoms with E-state index >= 15 is 0 Å². The third-order valence-corrected chi connectivity index (χ3v) is 3.31. The van der Waals surface area contributed by atoms with E-state index in [9.17, 15) is 4.79 Å². The highest BCUT2D eigenvalue weighted by Gasteiger charge is 2.11. The molecule has 0 radical (unpaired) electrons. The molecule has 0 aliphatic rings. The van der Waals surface area contributed by atoms with Crippen molar-refractivity contribution < 1.29 is 4.79 Å². The lowest BCUT2D eigenvalue weighted by molar-refractivity contribution is 0.1000. The summed E-state index contributed by atoms with van der Waals surface area (Å²) in [5, 5.41) is 12.3. The second-order valence-electron chi connectivity index (χ2n) is 4.52. The van der Waals surface area contributed by atoms with Gasteiger partial charge < -0.3 is 11.1 Å². The van der Waals surface area contributed by atoms with Crippen LogP contribution in [0.3, 0.4) is 0 Å². The normalized spacial score (nSPS) is 11.5. The topological polar surface area (TPSA) is 91.8 Å². The highest BCUT2D eigenvalue weighted by molar-refractivity contribution is 6.33. The molecule has 106 valence electrons. The second kappa shape index (κ2) is 6.25. The maximum absolute atomic E-state index is 11.0. The Labute approximate surface area is 127 Å². The van der Waals surface area contributed by atoms with Crippen LogP contribution in [0.25, 0.3) is 0 Å². The summed E-state index contributed by atoms with van der Waals surface area (Å²) in [4.78, 5) is 15.1. The first kappa shape index (κ1) is 14.8. The largest absolute Gasteiger partial charge is 0.366 e. The number of primary amides is 1. The van der Waals surface area contributed by atoms with Gasteiger partial charge in [-0.05, 0) is 30.7 Å². The predicted octanol–water partition coefficient (Wildman–Crippen LogP) is 2.88. The Morgan fingerprint density at radius 2 is 2.10 bits per heavy atom. The van der Waals surface area contributed by atoms with Crippen LogP contribution in [0.1, 0.15) is 34.5 Å². The zero-order valence-electron chi connectivity index (χ0n) is 11.3. The van der Waals surface area contributed by atoms with Crippen LogP contribution in [-0.2, 0) is 0 Å². The molecule has 1 aromatic heterocycles. The number of aromatic nitrogens is 1. The van der Waals surface area contributed by atoms with Crippen LogP contribution < -0.4 is 11.1 Å². The molecule has 0 fully saturated rings. The van der Waals surface area contributed by atoms with Gasteiger partial charge in [0.05, 0.1) is 22.2 Å². The monoisotopic (exact) mass is 300 g/mol. The number of halogens is 1. The van der Waals surface area contributed by atoms with E-state index in [1.54, 1.807) is 12.1 Å². The van der Waals surface area contributed by atoms with Gasteiger partial charge in [-0.3, -0.25) is 4.79 Å². The number of anilines is 1. The summed E-state index contributed by atoms with van der Waals surface area (Å²) in [7, 11) is 0. The van der Waals surface area contributed by atoms with Crippen molar-refractivity contribution in [1.29, 1.82) is 5.26 Å². The van der Waals surface area contributed by atoms with Crippen LogP contribution in [-0.4, -0.2) is 10.9 Å². The van der Waals surface area contributed by atoms with Gasteiger partial charge in [0, 0.05) is 12.2 Å². The summed E-state index contributed by atoms with van der Waals surface area (Å²) in [5.74, 6) is -0.102. The number of nitrogens with one attached hydrogen (secondary N) is 1. The van der Waals surface area contributed by atoms with Crippen LogP contribution in [0.4, 0.5) is 5.82 Å². The van der Waals surface area contributed by atoms with Crippen molar-refractivity contribution in [3.05, 3.63) is 58.2 Å². The predicted molar refractivity (Wildman–Crippen MR) is 81.0 cm³/mol. The van der Waals surface area contributed by atoms with Crippen molar-refractivity contribution in [1.82, 2.24) is 4.98 Å². The molecule has 0 saturated carbocycles. The first-order valence-corrected chi connectivity index (χ1v) is 6.61. The van der Waals surface area contributed by atoms with Crippen molar-refractivity contribution in [2.45, 2.75) is 13.0 Å². The molecule has 0 bridgehead atoms. The molecule has 6 heteroatoms. The van der Waals surface area contributed by atoms with Gasteiger partial charge in [-0.2, -0.15) is 5.26 Å². The second-order valence-corrected chi connectivity index (χ2v) is 4.93. The molecular formula is C15H13ClN4O. The Bertz CT molecular complexity index is 707. The molecule has 0 spiro atoms. The lowest BCUT2D eigenvalue weighted by Crippen LogP contribution is -2.13. The molecule has 1 atom stereocenters. The molecule has 1 amide bonds. The molecule has 2 aromatic rings. The SMILES string of the molecule is C[C@@H](Nc1ncc(C(N)=O)cc1Cl)c1ccc(C#N)cc1. The van der Waals surface area contributed by atoms with E-state index in [4.69, 9.17) is 22.6 Å². The Hall–Kier alpha value is -2.58.